The molecule has 1 heterocycles. The number of ether oxygens (including phenoxy) is 1. The number of hydrogen-bond donors (Lipinski definition) is 0. The summed E-state index contributed by atoms with van der Waals surface area (Å²) < 4.78 is 5.60. The van der Waals surface area contributed by atoms with Crippen LogP contribution in [-0.2, 0) is 14.3 Å². The summed E-state index contributed by atoms with van der Waals surface area (Å²) >= 11 is 1.68. The van der Waals surface area contributed by atoms with Crippen LogP contribution in [0.3, 0.4) is 0 Å². The van der Waals surface area contributed by atoms with Crippen molar-refractivity contribution in [2.75, 3.05) is 0 Å². The first kappa shape index (κ1) is 20.6. The summed E-state index contributed by atoms with van der Waals surface area (Å²) in [6, 6.07) is 2.14. The van der Waals surface area contributed by atoms with Crippen molar-refractivity contribution in [3.05, 3.63) is 21.9 Å². The van der Waals surface area contributed by atoms with E-state index in [1.165, 1.54) is 25.3 Å². The standard InChI is InChI=1S/C23H34O3S/c1-15-13-22(27-14-15)21(26-17(3)24)9-5-7-16(2)18-10-11-19-20(25)8-6-12-23(18,19)4/h13-14,16,18-19,21H,5-12H2,1-4H3/t16?,18-,19+,21?,23-/m1/s1. The maximum absolute atomic E-state index is 12.4. The van der Waals surface area contributed by atoms with E-state index in [-0.39, 0.29) is 17.5 Å². The largest absolute Gasteiger partial charge is 0.457 e. The predicted molar refractivity (Wildman–Crippen MR) is 110 cm³/mol. The molecular formula is C23H34O3S. The zero-order valence-electron chi connectivity index (χ0n) is 17.3. The van der Waals surface area contributed by atoms with Crippen LogP contribution in [0.4, 0.5) is 0 Å². The van der Waals surface area contributed by atoms with Crippen LogP contribution in [0.5, 0.6) is 0 Å². The lowest BCUT2D eigenvalue weighted by molar-refractivity contribution is -0.147. The van der Waals surface area contributed by atoms with Crippen molar-refractivity contribution >= 4 is 23.1 Å². The minimum atomic E-state index is -0.203. The van der Waals surface area contributed by atoms with Crippen LogP contribution in [0.15, 0.2) is 11.4 Å². The summed E-state index contributed by atoms with van der Waals surface area (Å²) in [6.45, 7) is 8.32. The first-order chi connectivity index (χ1) is 12.8. The van der Waals surface area contributed by atoms with E-state index in [9.17, 15) is 9.59 Å². The Balaban J connectivity index is 1.57. The third-order valence-electron chi connectivity index (χ3n) is 7.13. The molecular weight excluding hydrogens is 356 g/mol. The number of fused-ring (bicyclic) bond motifs is 1. The average Bonchev–Trinajstić information content (AvgIpc) is 3.17. The van der Waals surface area contributed by atoms with E-state index < -0.39 is 0 Å². The Morgan fingerprint density at radius 2 is 2.15 bits per heavy atom. The molecule has 1 aromatic rings. The fraction of sp³-hybridized carbons (Fsp3) is 0.739. The third-order valence-corrected chi connectivity index (χ3v) is 8.27. The molecule has 0 bridgehead atoms. The van der Waals surface area contributed by atoms with Gasteiger partial charge in [0.1, 0.15) is 11.9 Å². The predicted octanol–water partition coefficient (Wildman–Crippen LogP) is 6.25. The monoisotopic (exact) mass is 390 g/mol. The van der Waals surface area contributed by atoms with Crippen molar-refractivity contribution in [1.82, 2.24) is 0 Å². The highest BCUT2D eigenvalue weighted by Gasteiger charge is 2.52. The van der Waals surface area contributed by atoms with Gasteiger partial charge < -0.3 is 4.74 Å². The highest BCUT2D eigenvalue weighted by molar-refractivity contribution is 7.10. The molecule has 2 aliphatic rings. The molecule has 1 aromatic heterocycles. The van der Waals surface area contributed by atoms with Gasteiger partial charge in [-0.3, -0.25) is 9.59 Å². The Hall–Kier alpha value is -1.16. The Morgan fingerprint density at radius 1 is 1.37 bits per heavy atom. The molecule has 5 atom stereocenters. The van der Waals surface area contributed by atoms with Crippen LogP contribution < -0.4 is 0 Å². The van der Waals surface area contributed by atoms with Gasteiger partial charge in [0, 0.05) is 24.1 Å². The summed E-state index contributed by atoms with van der Waals surface area (Å²) in [4.78, 5) is 25.0. The summed E-state index contributed by atoms with van der Waals surface area (Å²) in [7, 11) is 0. The van der Waals surface area contributed by atoms with E-state index in [1.54, 1.807) is 11.3 Å². The number of ketones is 1. The second-order valence-electron chi connectivity index (χ2n) is 9.09. The van der Waals surface area contributed by atoms with Crippen molar-refractivity contribution in [3.63, 3.8) is 0 Å². The molecule has 0 N–H and O–H groups in total. The van der Waals surface area contributed by atoms with Gasteiger partial charge in [0.2, 0.25) is 0 Å². The van der Waals surface area contributed by atoms with Gasteiger partial charge in [-0.15, -0.1) is 11.3 Å². The topological polar surface area (TPSA) is 43.4 Å². The number of carbonyl (C=O) groups excluding carboxylic acids is 2. The highest BCUT2D eigenvalue weighted by atomic mass is 32.1. The molecule has 0 aliphatic heterocycles. The van der Waals surface area contributed by atoms with Crippen LogP contribution in [0, 0.1) is 30.1 Å². The fourth-order valence-corrected chi connectivity index (χ4v) is 6.77. The second-order valence-corrected chi connectivity index (χ2v) is 10.0. The molecule has 2 fully saturated rings. The molecule has 0 saturated heterocycles. The molecule has 3 nitrogen and oxygen atoms in total. The Morgan fingerprint density at radius 3 is 2.81 bits per heavy atom. The maximum Gasteiger partial charge on any atom is 0.303 e. The van der Waals surface area contributed by atoms with E-state index in [1.807, 2.05) is 0 Å². The van der Waals surface area contributed by atoms with E-state index in [2.05, 4.69) is 32.2 Å². The van der Waals surface area contributed by atoms with Crippen LogP contribution >= 0.6 is 11.3 Å². The van der Waals surface area contributed by atoms with E-state index in [4.69, 9.17) is 4.74 Å². The molecule has 2 aliphatic carbocycles. The molecule has 0 radical (unpaired) electrons. The van der Waals surface area contributed by atoms with Crippen molar-refractivity contribution in [1.29, 1.82) is 0 Å². The minimum absolute atomic E-state index is 0.114. The normalized spacial score (nSPS) is 30.0. The molecule has 0 amide bonds. The Labute approximate surface area is 167 Å². The molecule has 3 rings (SSSR count). The second kappa shape index (κ2) is 8.46. The number of hydrogen-bond acceptors (Lipinski definition) is 4. The molecule has 0 aromatic carbocycles. The molecule has 2 unspecified atom stereocenters. The highest BCUT2D eigenvalue weighted by Crippen LogP contribution is 2.57. The van der Waals surface area contributed by atoms with Gasteiger partial charge in [0.25, 0.3) is 0 Å². The van der Waals surface area contributed by atoms with Crippen molar-refractivity contribution in [2.45, 2.75) is 85.2 Å². The summed E-state index contributed by atoms with van der Waals surface area (Å²) in [6.07, 6.45) is 8.34. The molecule has 27 heavy (non-hydrogen) atoms. The summed E-state index contributed by atoms with van der Waals surface area (Å²) in [5, 5.41) is 2.12. The number of Topliss-reactive ketones (excluding diaryl/α,β-unsaturated/α-hetero) is 1. The van der Waals surface area contributed by atoms with Gasteiger partial charge in [0.05, 0.1) is 0 Å². The SMILES string of the molecule is CC(=O)OC(CCCC(C)[C@H]1CC[C@H]2C(=O)CCC[C@]12C)c1cc(C)cs1. The van der Waals surface area contributed by atoms with E-state index in [0.717, 1.165) is 43.4 Å². The molecule has 4 heteroatoms. The zero-order chi connectivity index (χ0) is 19.6. The van der Waals surface area contributed by atoms with Crippen LogP contribution in [0.2, 0.25) is 0 Å². The van der Waals surface area contributed by atoms with Gasteiger partial charge in [-0.25, -0.2) is 0 Å². The summed E-state index contributed by atoms with van der Waals surface area (Å²) in [5.74, 6) is 1.89. The first-order valence-corrected chi connectivity index (χ1v) is 11.4. The third kappa shape index (κ3) is 4.47. The van der Waals surface area contributed by atoms with Crippen LogP contribution in [-0.4, -0.2) is 11.8 Å². The van der Waals surface area contributed by atoms with Gasteiger partial charge in [-0.2, -0.15) is 0 Å². The van der Waals surface area contributed by atoms with E-state index in [0.29, 0.717) is 23.5 Å². The molecule has 2 saturated carbocycles. The summed E-state index contributed by atoms with van der Waals surface area (Å²) in [5.41, 5.74) is 1.45. The lowest BCUT2D eigenvalue weighted by Crippen LogP contribution is -2.39. The number of aryl methyl sites for hydroxylation is 1. The smallest absolute Gasteiger partial charge is 0.303 e. The number of esters is 1. The number of rotatable bonds is 7. The Kier molecular flexibility index (Phi) is 6.45. The lowest BCUT2D eigenvalue weighted by atomic mass is 9.62. The van der Waals surface area contributed by atoms with Gasteiger partial charge >= 0.3 is 5.97 Å². The van der Waals surface area contributed by atoms with Gasteiger partial charge in [-0.05, 0) is 79.7 Å². The first-order valence-electron chi connectivity index (χ1n) is 10.6. The quantitative estimate of drug-likeness (QED) is 0.517. The molecule has 150 valence electrons. The van der Waals surface area contributed by atoms with Crippen molar-refractivity contribution in [2.24, 2.45) is 23.2 Å². The lowest BCUT2D eigenvalue weighted by Gasteiger charge is -2.42. The number of thiophene rings is 1. The number of carbonyl (C=O) groups is 2. The maximum atomic E-state index is 12.4. The van der Waals surface area contributed by atoms with Crippen molar-refractivity contribution < 1.29 is 14.3 Å². The van der Waals surface area contributed by atoms with Crippen molar-refractivity contribution in [3.8, 4) is 0 Å². The average molecular weight is 391 g/mol. The van der Waals surface area contributed by atoms with Gasteiger partial charge in [0.15, 0.2) is 0 Å². The van der Waals surface area contributed by atoms with E-state index >= 15 is 0 Å². The Bertz CT molecular complexity index is 679. The van der Waals surface area contributed by atoms with Crippen LogP contribution in [0.1, 0.15) is 88.7 Å². The van der Waals surface area contributed by atoms with Crippen LogP contribution in [0.25, 0.3) is 0 Å². The zero-order valence-corrected chi connectivity index (χ0v) is 18.1. The van der Waals surface area contributed by atoms with Gasteiger partial charge in [-0.1, -0.05) is 20.3 Å². The molecule has 0 spiro atoms. The minimum Gasteiger partial charge on any atom is -0.457 e. The fourth-order valence-electron chi connectivity index (χ4n) is 5.81.